The van der Waals surface area contributed by atoms with Gasteiger partial charge in [-0.2, -0.15) is 0 Å². The second-order valence-corrected chi connectivity index (χ2v) is 5.89. The van der Waals surface area contributed by atoms with Gasteiger partial charge in [-0.1, -0.05) is 17.7 Å². The van der Waals surface area contributed by atoms with Crippen LogP contribution in [0.3, 0.4) is 0 Å². The monoisotopic (exact) mass is 350 g/mol. The van der Waals surface area contributed by atoms with E-state index in [0.717, 1.165) is 23.1 Å². The molecule has 1 aliphatic rings. The zero-order valence-electron chi connectivity index (χ0n) is 10.5. The van der Waals surface area contributed by atoms with E-state index in [4.69, 9.17) is 11.6 Å². The minimum absolute atomic E-state index is 0.139. The Bertz CT molecular complexity index is 688. The molecule has 5 heteroatoms. The molecule has 0 fully saturated rings. The SMILES string of the molecule is O=C(Nc1ccc(Br)c(Cl)c1)c1ccc2c(c1)NCC2. The predicted octanol–water partition coefficient (Wildman–Crippen LogP) is 4.32. The molecule has 0 aromatic heterocycles. The summed E-state index contributed by atoms with van der Waals surface area (Å²) in [5, 5.41) is 6.68. The molecule has 0 radical (unpaired) electrons. The Morgan fingerprint density at radius 2 is 2.10 bits per heavy atom. The molecule has 1 aliphatic heterocycles. The fourth-order valence-electron chi connectivity index (χ4n) is 2.21. The van der Waals surface area contributed by atoms with E-state index < -0.39 is 0 Å². The first kappa shape index (κ1) is 13.5. The number of amides is 1. The number of anilines is 2. The van der Waals surface area contributed by atoms with Crippen molar-refractivity contribution in [2.45, 2.75) is 6.42 Å². The Labute approximate surface area is 130 Å². The Hall–Kier alpha value is -1.52. The van der Waals surface area contributed by atoms with Gasteiger partial charge in [0.2, 0.25) is 0 Å². The second-order valence-electron chi connectivity index (χ2n) is 4.63. The van der Waals surface area contributed by atoms with Crippen LogP contribution in [0.2, 0.25) is 5.02 Å². The molecule has 2 aromatic carbocycles. The number of rotatable bonds is 2. The maximum atomic E-state index is 12.2. The van der Waals surface area contributed by atoms with E-state index in [1.54, 1.807) is 12.1 Å². The van der Waals surface area contributed by atoms with Gasteiger partial charge in [0.05, 0.1) is 5.02 Å². The Balaban J connectivity index is 1.80. The maximum Gasteiger partial charge on any atom is 0.255 e. The minimum Gasteiger partial charge on any atom is -0.384 e. The van der Waals surface area contributed by atoms with Crippen LogP contribution in [0.4, 0.5) is 11.4 Å². The number of hydrogen-bond acceptors (Lipinski definition) is 2. The highest BCUT2D eigenvalue weighted by molar-refractivity contribution is 9.10. The lowest BCUT2D eigenvalue weighted by Gasteiger charge is -2.08. The van der Waals surface area contributed by atoms with E-state index in [1.165, 1.54) is 5.56 Å². The molecule has 0 saturated heterocycles. The van der Waals surface area contributed by atoms with E-state index in [2.05, 4.69) is 26.6 Å². The van der Waals surface area contributed by atoms with Crippen LogP contribution >= 0.6 is 27.5 Å². The number of hydrogen-bond donors (Lipinski definition) is 2. The Morgan fingerprint density at radius 1 is 1.25 bits per heavy atom. The molecule has 2 aromatic rings. The van der Waals surface area contributed by atoms with Crippen molar-refractivity contribution in [3.05, 3.63) is 57.0 Å². The van der Waals surface area contributed by atoms with Crippen molar-refractivity contribution < 1.29 is 4.79 Å². The summed E-state index contributed by atoms with van der Waals surface area (Å²) < 4.78 is 0.805. The first-order valence-corrected chi connectivity index (χ1v) is 7.44. The summed E-state index contributed by atoms with van der Waals surface area (Å²) in [5.41, 5.74) is 3.62. The molecule has 2 N–H and O–H groups in total. The van der Waals surface area contributed by atoms with Crippen molar-refractivity contribution in [2.75, 3.05) is 17.2 Å². The first-order chi connectivity index (χ1) is 9.63. The van der Waals surface area contributed by atoms with Crippen LogP contribution in [0.1, 0.15) is 15.9 Å². The topological polar surface area (TPSA) is 41.1 Å². The Morgan fingerprint density at radius 3 is 2.90 bits per heavy atom. The van der Waals surface area contributed by atoms with E-state index in [1.807, 2.05) is 24.3 Å². The van der Waals surface area contributed by atoms with Crippen LogP contribution in [-0.2, 0) is 6.42 Å². The van der Waals surface area contributed by atoms with Crippen LogP contribution in [0, 0.1) is 0 Å². The zero-order chi connectivity index (χ0) is 14.1. The van der Waals surface area contributed by atoms with Crippen LogP contribution in [0.5, 0.6) is 0 Å². The molecule has 3 rings (SSSR count). The van der Waals surface area contributed by atoms with E-state index in [0.29, 0.717) is 16.3 Å². The fourth-order valence-corrected chi connectivity index (χ4v) is 2.64. The first-order valence-electron chi connectivity index (χ1n) is 6.27. The molecule has 0 atom stereocenters. The van der Waals surface area contributed by atoms with Gasteiger partial charge in [-0.25, -0.2) is 0 Å². The number of carbonyl (C=O) groups is 1. The summed E-state index contributed by atoms with van der Waals surface area (Å²) in [6.45, 7) is 0.933. The Kier molecular flexibility index (Phi) is 3.68. The number of halogens is 2. The lowest BCUT2D eigenvalue weighted by atomic mass is 10.1. The van der Waals surface area contributed by atoms with E-state index in [9.17, 15) is 4.79 Å². The van der Waals surface area contributed by atoms with Gasteiger partial charge >= 0.3 is 0 Å². The average molecular weight is 352 g/mol. The number of nitrogens with one attached hydrogen (secondary N) is 2. The van der Waals surface area contributed by atoms with Gasteiger partial charge in [0, 0.05) is 28.0 Å². The van der Waals surface area contributed by atoms with Gasteiger partial charge in [-0.15, -0.1) is 0 Å². The smallest absolute Gasteiger partial charge is 0.255 e. The molecular weight excluding hydrogens is 340 g/mol. The van der Waals surface area contributed by atoms with E-state index >= 15 is 0 Å². The minimum atomic E-state index is -0.139. The van der Waals surface area contributed by atoms with Gasteiger partial charge in [0.25, 0.3) is 5.91 Å². The standard InChI is InChI=1S/C15H12BrClN2O/c16-12-4-3-11(8-13(12)17)19-15(20)10-2-1-9-5-6-18-14(9)7-10/h1-4,7-8,18H,5-6H2,(H,19,20). The normalized spacial score (nSPS) is 12.7. The molecule has 0 saturated carbocycles. The van der Waals surface area contributed by atoms with Gasteiger partial charge in [-0.3, -0.25) is 4.79 Å². The molecular formula is C15H12BrClN2O. The molecule has 1 amide bonds. The van der Waals surface area contributed by atoms with Crippen LogP contribution < -0.4 is 10.6 Å². The predicted molar refractivity (Wildman–Crippen MR) is 85.7 cm³/mol. The van der Waals surface area contributed by atoms with Crippen molar-refractivity contribution in [1.29, 1.82) is 0 Å². The zero-order valence-corrected chi connectivity index (χ0v) is 12.9. The molecule has 3 nitrogen and oxygen atoms in total. The average Bonchev–Trinajstić information content (AvgIpc) is 2.90. The summed E-state index contributed by atoms with van der Waals surface area (Å²) in [6, 6.07) is 11.1. The lowest BCUT2D eigenvalue weighted by molar-refractivity contribution is 0.102. The third kappa shape index (κ3) is 2.67. The highest BCUT2D eigenvalue weighted by Crippen LogP contribution is 2.27. The third-order valence-electron chi connectivity index (χ3n) is 3.26. The van der Waals surface area contributed by atoms with Crippen molar-refractivity contribution in [2.24, 2.45) is 0 Å². The molecule has 0 aliphatic carbocycles. The van der Waals surface area contributed by atoms with Crippen molar-refractivity contribution in [3.63, 3.8) is 0 Å². The largest absolute Gasteiger partial charge is 0.384 e. The van der Waals surface area contributed by atoms with Gasteiger partial charge in [0.1, 0.15) is 0 Å². The van der Waals surface area contributed by atoms with Crippen LogP contribution in [0.15, 0.2) is 40.9 Å². The van der Waals surface area contributed by atoms with Crippen molar-refractivity contribution >= 4 is 44.8 Å². The summed E-state index contributed by atoms with van der Waals surface area (Å²) in [4.78, 5) is 12.2. The van der Waals surface area contributed by atoms with E-state index in [-0.39, 0.29) is 5.91 Å². The molecule has 1 heterocycles. The fraction of sp³-hybridized carbons (Fsp3) is 0.133. The molecule has 0 bridgehead atoms. The second kappa shape index (κ2) is 5.46. The number of carbonyl (C=O) groups excluding carboxylic acids is 1. The molecule has 102 valence electrons. The number of benzene rings is 2. The lowest BCUT2D eigenvalue weighted by Crippen LogP contribution is -2.12. The number of fused-ring (bicyclic) bond motifs is 1. The highest BCUT2D eigenvalue weighted by atomic mass is 79.9. The van der Waals surface area contributed by atoms with Crippen molar-refractivity contribution in [1.82, 2.24) is 0 Å². The van der Waals surface area contributed by atoms with Gasteiger partial charge in [-0.05, 0) is 58.2 Å². The van der Waals surface area contributed by atoms with Crippen molar-refractivity contribution in [3.8, 4) is 0 Å². The summed E-state index contributed by atoms with van der Waals surface area (Å²) >= 11 is 9.33. The van der Waals surface area contributed by atoms with Gasteiger partial charge in [0.15, 0.2) is 0 Å². The summed E-state index contributed by atoms with van der Waals surface area (Å²) in [7, 11) is 0. The quantitative estimate of drug-likeness (QED) is 0.846. The van der Waals surface area contributed by atoms with Gasteiger partial charge < -0.3 is 10.6 Å². The molecule has 20 heavy (non-hydrogen) atoms. The maximum absolute atomic E-state index is 12.2. The highest BCUT2D eigenvalue weighted by Gasteiger charge is 2.13. The van der Waals surface area contributed by atoms with Crippen LogP contribution in [-0.4, -0.2) is 12.5 Å². The summed E-state index contributed by atoms with van der Waals surface area (Å²) in [5.74, 6) is -0.139. The summed E-state index contributed by atoms with van der Waals surface area (Å²) in [6.07, 6.45) is 1.01. The van der Waals surface area contributed by atoms with Crippen LogP contribution in [0.25, 0.3) is 0 Å². The molecule has 0 unspecified atom stereocenters. The third-order valence-corrected chi connectivity index (χ3v) is 4.49. The molecule has 0 spiro atoms.